The summed E-state index contributed by atoms with van der Waals surface area (Å²) in [5.41, 5.74) is 0. The van der Waals surface area contributed by atoms with Crippen molar-refractivity contribution in [2.45, 2.75) is 232 Å². The summed E-state index contributed by atoms with van der Waals surface area (Å²) in [5.74, 6) is -0.923. The van der Waals surface area contributed by atoms with Crippen LogP contribution in [0.4, 0.5) is 0 Å². The predicted octanol–water partition coefficient (Wildman–Crippen LogP) is 14.2. The highest BCUT2D eigenvalue weighted by Gasteiger charge is 2.19. The van der Waals surface area contributed by atoms with E-state index in [-0.39, 0.29) is 37.5 Å². The van der Waals surface area contributed by atoms with Crippen LogP contribution < -0.4 is 0 Å². The fourth-order valence-electron chi connectivity index (χ4n) is 6.28. The Balaban J connectivity index is 4.40. The van der Waals surface area contributed by atoms with Gasteiger partial charge in [-0.05, 0) is 51.4 Å². The van der Waals surface area contributed by atoms with E-state index < -0.39 is 6.10 Å². The van der Waals surface area contributed by atoms with Crippen LogP contribution >= 0.6 is 0 Å². The van der Waals surface area contributed by atoms with E-state index in [9.17, 15) is 14.4 Å². The molecule has 0 rings (SSSR count). The van der Waals surface area contributed by atoms with Crippen molar-refractivity contribution in [1.29, 1.82) is 0 Å². The molecule has 0 aromatic carbocycles. The second-order valence-corrected chi connectivity index (χ2v) is 14.9. The van der Waals surface area contributed by atoms with Gasteiger partial charge >= 0.3 is 17.9 Å². The van der Waals surface area contributed by atoms with Gasteiger partial charge in [-0.15, -0.1) is 0 Å². The number of carbonyl (C=O) groups excluding carboxylic acids is 3. The van der Waals surface area contributed by atoms with Gasteiger partial charge in [0.15, 0.2) is 6.10 Å². The Bertz CT molecular complexity index is 907. The number of rotatable bonds is 40. The molecule has 0 saturated heterocycles. The number of hydrogen-bond donors (Lipinski definition) is 0. The van der Waals surface area contributed by atoms with Crippen molar-refractivity contribution in [3.63, 3.8) is 0 Å². The van der Waals surface area contributed by atoms with Crippen LogP contribution in [0, 0.1) is 0 Å². The van der Waals surface area contributed by atoms with Crippen molar-refractivity contribution in [3.8, 4) is 0 Å². The minimum atomic E-state index is -0.784. The average molecular weight is 745 g/mol. The van der Waals surface area contributed by atoms with Crippen LogP contribution in [0.1, 0.15) is 226 Å². The van der Waals surface area contributed by atoms with Gasteiger partial charge in [-0.3, -0.25) is 14.4 Å². The summed E-state index contributed by atoms with van der Waals surface area (Å²) in [4.78, 5) is 37.6. The van der Waals surface area contributed by atoms with Crippen LogP contribution in [-0.4, -0.2) is 37.2 Å². The molecule has 0 aromatic heterocycles. The fourth-order valence-corrected chi connectivity index (χ4v) is 6.28. The molecule has 1 atom stereocenters. The Morgan fingerprint density at radius 3 is 1.15 bits per heavy atom. The first-order chi connectivity index (χ1) is 26.0. The van der Waals surface area contributed by atoms with E-state index in [1.54, 1.807) is 0 Å². The lowest BCUT2D eigenvalue weighted by Crippen LogP contribution is -2.30. The molecule has 0 saturated carbocycles. The normalized spacial score (nSPS) is 12.3. The Hall–Kier alpha value is -2.37. The average Bonchev–Trinajstić information content (AvgIpc) is 3.15. The Morgan fingerprint density at radius 1 is 0.396 bits per heavy atom. The number of unbranched alkanes of at least 4 members (excludes halogenated alkanes) is 23. The van der Waals surface area contributed by atoms with Gasteiger partial charge in [-0.2, -0.15) is 0 Å². The molecule has 0 heterocycles. The maximum absolute atomic E-state index is 12.7. The molecule has 0 spiro atoms. The van der Waals surface area contributed by atoms with E-state index in [2.05, 4.69) is 57.2 Å². The van der Waals surface area contributed by atoms with Gasteiger partial charge in [0.05, 0.1) is 0 Å². The van der Waals surface area contributed by atoms with E-state index in [0.717, 1.165) is 70.6 Å². The summed E-state index contributed by atoms with van der Waals surface area (Å²) in [5, 5.41) is 0. The zero-order valence-corrected chi connectivity index (χ0v) is 35.0. The number of esters is 3. The largest absolute Gasteiger partial charge is 0.462 e. The first-order valence-corrected chi connectivity index (χ1v) is 22.5. The molecule has 0 bridgehead atoms. The molecule has 0 aliphatic rings. The zero-order valence-electron chi connectivity index (χ0n) is 35.0. The minimum absolute atomic E-state index is 0.0843. The van der Waals surface area contributed by atoms with Crippen LogP contribution in [-0.2, 0) is 28.6 Å². The molecule has 6 nitrogen and oxygen atoms in total. The highest BCUT2D eigenvalue weighted by Crippen LogP contribution is 2.15. The first kappa shape index (κ1) is 50.6. The third-order valence-electron chi connectivity index (χ3n) is 9.66. The lowest BCUT2D eigenvalue weighted by atomic mass is 10.0. The van der Waals surface area contributed by atoms with E-state index in [4.69, 9.17) is 14.2 Å². The highest BCUT2D eigenvalue weighted by molar-refractivity contribution is 5.71. The summed E-state index contributed by atoms with van der Waals surface area (Å²) in [6, 6.07) is 0. The van der Waals surface area contributed by atoms with Crippen molar-refractivity contribution in [2.75, 3.05) is 13.2 Å². The summed E-state index contributed by atoms with van der Waals surface area (Å²) in [6.45, 7) is 6.47. The molecule has 0 fully saturated rings. The first-order valence-electron chi connectivity index (χ1n) is 22.5. The molecule has 0 aliphatic heterocycles. The number of ether oxygens (including phenoxy) is 3. The van der Waals surface area contributed by atoms with E-state index in [1.807, 2.05) is 0 Å². The molecular weight excluding hydrogens is 661 g/mol. The Kier molecular flexibility index (Phi) is 40.5. The standard InChI is InChI=1S/C47H84O6/c1-4-7-10-13-16-19-22-24-26-28-31-34-37-40-46(49)52-43-44(42-51-45(48)39-36-33-30-27-21-18-15-12-9-6-3)53-47(50)41-38-35-32-29-25-23-20-17-14-11-8-5-2/h8,11,17,20,25,29,44H,4-7,9-10,12-16,18-19,21-24,26-28,30-43H2,1-3H3/b11-8-,20-17-,29-25-. The highest BCUT2D eigenvalue weighted by atomic mass is 16.6. The topological polar surface area (TPSA) is 78.9 Å². The fraction of sp³-hybridized carbons (Fsp3) is 0.809. The Labute approximate surface area is 327 Å². The lowest BCUT2D eigenvalue weighted by Gasteiger charge is -2.18. The second kappa shape index (κ2) is 42.4. The maximum Gasteiger partial charge on any atom is 0.306 e. The third kappa shape index (κ3) is 40.6. The second-order valence-electron chi connectivity index (χ2n) is 14.9. The third-order valence-corrected chi connectivity index (χ3v) is 9.66. The van der Waals surface area contributed by atoms with Gasteiger partial charge in [-0.25, -0.2) is 0 Å². The number of carbonyl (C=O) groups is 3. The molecule has 0 amide bonds. The predicted molar refractivity (Wildman–Crippen MR) is 224 cm³/mol. The number of allylic oxidation sites excluding steroid dienone is 6. The van der Waals surface area contributed by atoms with Crippen molar-refractivity contribution >= 4 is 17.9 Å². The van der Waals surface area contributed by atoms with Crippen molar-refractivity contribution in [1.82, 2.24) is 0 Å². The molecule has 6 heteroatoms. The Morgan fingerprint density at radius 2 is 0.736 bits per heavy atom. The van der Waals surface area contributed by atoms with Crippen molar-refractivity contribution in [3.05, 3.63) is 36.5 Å². The molecule has 0 N–H and O–H groups in total. The zero-order chi connectivity index (χ0) is 38.7. The quantitative estimate of drug-likeness (QED) is 0.0269. The maximum atomic E-state index is 12.7. The van der Waals surface area contributed by atoms with Crippen LogP contribution in [0.15, 0.2) is 36.5 Å². The van der Waals surface area contributed by atoms with Crippen molar-refractivity contribution in [2.24, 2.45) is 0 Å². The molecule has 308 valence electrons. The van der Waals surface area contributed by atoms with Crippen LogP contribution in [0.3, 0.4) is 0 Å². The van der Waals surface area contributed by atoms with Gasteiger partial charge in [0.1, 0.15) is 13.2 Å². The minimum Gasteiger partial charge on any atom is -0.462 e. The summed E-state index contributed by atoms with van der Waals surface area (Å²) >= 11 is 0. The molecule has 0 aliphatic carbocycles. The number of hydrogen-bond acceptors (Lipinski definition) is 6. The van der Waals surface area contributed by atoms with Gasteiger partial charge < -0.3 is 14.2 Å². The van der Waals surface area contributed by atoms with Crippen LogP contribution in [0.2, 0.25) is 0 Å². The molecule has 53 heavy (non-hydrogen) atoms. The molecule has 0 radical (unpaired) electrons. The van der Waals surface area contributed by atoms with E-state index >= 15 is 0 Å². The van der Waals surface area contributed by atoms with Crippen LogP contribution in [0.5, 0.6) is 0 Å². The summed E-state index contributed by atoms with van der Waals surface area (Å²) in [7, 11) is 0. The van der Waals surface area contributed by atoms with Gasteiger partial charge in [0.2, 0.25) is 0 Å². The SMILES string of the molecule is CC/C=C\C/C=C\C/C=C\CCCCC(=O)OC(COC(=O)CCCCCCCCCCCC)COC(=O)CCCCCCCCCCCCCCC. The van der Waals surface area contributed by atoms with Gasteiger partial charge in [-0.1, -0.05) is 192 Å². The molecular formula is C47H84O6. The van der Waals surface area contributed by atoms with E-state index in [1.165, 1.54) is 109 Å². The lowest BCUT2D eigenvalue weighted by molar-refractivity contribution is -0.167. The molecule has 0 aromatic rings. The summed E-state index contributed by atoms with van der Waals surface area (Å²) < 4.78 is 16.6. The summed E-state index contributed by atoms with van der Waals surface area (Å²) in [6.07, 6.45) is 47.0. The van der Waals surface area contributed by atoms with Gasteiger partial charge in [0.25, 0.3) is 0 Å². The smallest absolute Gasteiger partial charge is 0.306 e. The van der Waals surface area contributed by atoms with E-state index in [0.29, 0.717) is 19.3 Å². The monoisotopic (exact) mass is 745 g/mol. The van der Waals surface area contributed by atoms with Crippen LogP contribution in [0.25, 0.3) is 0 Å². The van der Waals surface area contributed by atoms with Crippen molar-refractivity contribution < 1.29 is 28.6 Å². The molecule has 1 unspecified atom stereocenters. The van der Waals surface area contributed by atoms with Gasteiger partial charge in [0, 0.05) is 19.3 Å².